The maximum absolute atomic E-state index is 12.1. The monoisotopic (exact) mass is 324 g/mol. The Morgan fingerprint density at radius 3 is 2.74 bits per heavy atom. The van der Waals surface area contributed by atoms with Crippen molar-refractivity contribution in [3.8, 4) is 0 Å². The highest BCUT2D eigenvalue weighted by Crippen LogP contribution is 2.20. The molecule has 102 valence electrons. The minimum Gasteiger partial charge on any atom is -0.369 e. The SMILES string of the molecule is NC(=O)[C@H]1CCN(C(=O)CCc2ccccc2Br)C1. The van der Waals surface area contributed by atoms with Gasteiger partial charge in [-0.15, -0.1) is 0 Å². The molecule has 4 nitrogen and oxygen atoms in total. The standard InChI is InChI=1S/C14H17BrN2O2/c15-12-4-2-1-3-10(12)5-6-13(18)17-8-7-11(9-17)14(16)19/h1-4,11H,5-9H2,(H2,16,19)/t11-/m0/s1. The van der Waals surface area contributed by atoms with Crippen LogP contribution in [-0.2, 0) is 16.0 Å². The van der Waals surface area contributed by atoms with Crippen LogP contribution < -0.4 is 5.73 Å². The van der Waals surface area contributed by atoms with Gasteiger partial charge in [0, 0.05) is 24.0 Å². The van der Waals surface area contributed by atoms with Gasteiger partial charge in [0.15, 0.2) is 0 Å². The van der Waals surface area contributed by atoms with Crippen molar-refractivity contribution in [3.63, 3.8) is 0 Å². The van der Waals surface area contributed by atoms with Gasteiger partial charge in [0.2, 0.25) is 11.8 Å². The lowest BCUT2D eigenvalue weighted by Gasteiger charge is -2.16. The number of carbonyl (C=O) groups excluding carboxylic acids is 2. The lowest BCUT2D eigenvalue weighted by Crippen LogP contribution is -2.31. The fourth-order valence-corrected chi connectivity index (χ4v) is 2.80. The summed E-state index contributed by atoms with van der Waals surface area (Å²) in [6.45, 7) is 1.12. The highest BCUT2D eigenvalue weighted by molar-refractivity contribution is 9.10. The molecule has 5 heteroatoms. The summed E-state index contributed by atoms with van der Waals surface area (Å²) in [5.41, 5.74) is 6.39. The normalized spacial score (nSPS) is 18.6. The van der Waals surface area contributed by atoms with Crippen LogP contribution in [0.3, 0.4) is 0 Å². The lowest BCUT2D eigenvalue weighted by atomic mass is 10.1. The van der Waals surface area contributed by atoms with Crippen molar-refractivity contribution >= 4 is 27.7 Å². The number of benzene rings is 1. The van der Waals surface area contributed by atoms with E-state index in [1.54, 1.807) is 4.90 Å². The van der Waals surface area contributed by atoms with Gasteiger partial charge in [-0.1, -0.05) is 34.1 Å². The molecule has 0 saturated carbocycles. The second-order valence-electron chi connectivity index (χ2n) is 4.82. The van der Waals surface area contributed by atoms with Gasteiger partial charge in [0.1, 0.15) is 0 Å². The van der Waals surface area contributed by atoms with E-state index in [1.165, 1.54) is 0 Å². The number of hydrogen-bond acceptors (Lipinski definition) is 2. The van der Waals surface area contributed by atoms with Crippen molar-refractivity contribution in [1.29, 1.82) is 0 Å². The third kappa shape index (κ3) is 3.56. The third-order valence-electron chi connectivity index (χ3n) is 3.51. The summed E-state index contributed by atoms with van der Waals surface area (Å²) in [7, 11) is 0. The lowest BCUT2D eigenvalue weighted by molar-refractivity contribution is -0.130. The predicted molar refractivity (Wildman–Crippen MR) is 76.3 cm³/mol. The van der Waals surface area contributed by atoms with Crippen molar-refractivity contribution in [2.24, 2.45) is 11.7 Å². The molecule has 0 aromatic heterocycles. The minimum atomic E-state index is -0.305. The van der Waals surface area contributed by atoms with Crippen LogP contribution in [0.25, 0.3) is 0 Å². The van der Waals surface area contributed by atoms with Crippen LogP contribution in [0, 0.1) is 5.92 Å². The fourth-order valence-electron chi connectivity index (χ4n) is 2.32. The Kier molecular flexibility index (Phi) is 4.58. The molecule has 1 heterocycles. The summed E-state index contributed by atoms with van der Waals surface area (Å²) in [6, 6.07) is 7.89. The Morgan fingerprint density at radius 2 is 2.11 bits per heavy atom. The van der Waals surface area contributed by atoms with Crippen LogP contribution in [-0.4, -0.2) is 29.8 Å². The van der Waals surface area contributed by atoms with Crippen LogP contribution in [0.1, 0.15) is 18.4 Å². The molecule has 0 radical (unpaired) electrons. The van der Waals surface area contributed by atoms with Gasteiger partial charge in [0.25, 0.3) is 0 Å². The maximum atomic E-state index is 12.1. The molecule has 1 aromatic carbocycles. The molecule has 2 N–H and O–H groups in total. The van der Waals surface area contributed by atoms with Crippen LogP contribution in [0.2, 0.25) is 0 Å². The Morgan fingerprint density at radius 1 is 1.37 bits per heavy atom. The number of carbonyl (C=O) groups is 2. The van der Waals surface area contributed by atoms with Gasteiger partial charge < -0.3 is 10.6 Å². The number of hydrogen-bond donors (Lipinski definition) is 1. The van der Waals surface area contributed by atoms with E-state index in [1.807, 2.05) is 24.3 Å². The first-order valence-corrected chi connectivity index (χ1v) is 7.17. The van der Waals surface area contributed by atoms with Gasteiger partial charge in [-0.25, -0.2) is 0 Å². The number of aryl methyl sites for hydroxylation is 1. The fraction of sp³-hybridized carbons (Fsp3) is 0.429. The van der Waals surface area contributed by atoms with Crippen LogP contribution in [0.4, 0.5) is 0 Å². The van der Waals surface area contributed by atoms with E-state index in [0.29, 0.717) is 32.4 Å². The minimum absolute atomic E-state index is 0.0968. The second-order valence-corrected chi connectivity index (χ2v) is 5.67. The summed E-state index contributed by atoms with van der Waals surface area (Å²) in [4.78, 5) is 24.9. The summed E-state index contributed by atoms with van der Waals surface area (Å²) < 4.78 is 1.03. The van der Waals surface area contributed by atoms with E-state index < -0.39 is 0 Å². The Hall–Kier alpha value is -1.36. The summed E-state index contributed by atoms with van der Waals surface area (Å²) in [6.07, 6.45) is 1.86. The van der Waals surface area contributed by atoms with E-state index in [9.17, 15) is 9.59 Å². The summed E-state index contributed by atoms with van der Waals surface area (Å²) in [5, 5.41) is 0. The summed E-state index contributed by atoms with van der Waals surface area (Å²) >= 11 is 3.47. The quantitative estimate of drug-likeness (QED) is 0.916. The van der Waals surface area contributed by atoms with Gasteiger partial charge in [-0.2, -0.15) is 0 Å². The molecule has 1 saturated heterocycles. The maximum Gasteiger partial charge on any atom is 0.222 e. The Labute approximate surface area is 121 Å². The molecule has 19 heavy (non-hydrogen) atoms. The highest BCUT2D eigenvalue weighted by atomic mass is 79.9. The third-order valence-corrected chi connectivity index (χ3v) is 4.28. The first kappa shape index (κ1) is 14.1. The van der Waals surface area contributed by atoms with Gasteiger partial charge in [-0.05, 0) is 24.5 Å². The molecule has 1 aliphatic rings. The van der Waals surface area contributed by atoms with Crippen LogP contribution >= 0.6 is 15.9 Å². The molecular formula is C14H17BrN2O2. The average Bonchev–Trinajstić information content (AvgIpc) is 2.87. The van der Waals surface area contributed by atoms with Crippen molar-refractivity contribution < 1.29 is 9.59 Å². The van der Waals surface area contributed by atoms with E-state index in [-0.39, 0.29) is 17.7 Å². The zero-order valence-electron chi connectivity index (χ0n) is 10.6. The van der Waals surface area contributed by atoms with E-state index >= 15 is 0 Å². The van der Waals surface area contributed by atoms with Crippen LogP contribution in [0.5, 0.6) is 0 Å². The molecule has 0 aliphatic carbocycles. The zero-order chi connectivity index (χ0) is 13.8. The molecule has 0 spiro atoms. The van der Waals surface area contributed by atoms with E-state index in [4.69, 9.17) is 5.73 Å². The second kappa shape index (κ2) is 6.19. The molecule has 1 aromatic rings. The average molecular weight is 325 g/mol. The molecule has 2 amide bonds. The van der Waals surface area contributed by atoms with Gasteiger partial charge in [0.05, 0.1) is 5.92 Å². The highest BCUT2D eigenvalue weighted by Gasteiger charge is 2.29. The van der Waals surface area contributed by atoms with Crippen molar-refractivity contribution in [1.82, 2.24) is 4.90 Å². The van der Waals surface area contributed by atoms with Crippen molar-refractivity contribution in [3.05, 3.63) is 34.3 Å². The van der Waals surface area contributed by atoms with E-state index in [0.717, 1.165) is 10.0 Å². The molecular weight excluding hydrogens is 308 g/mol. The van der Waals surface area contributed by atoms with Crippen molar-refractivity contribution in [2.45, 2.75) is 19.3 Å². The largest absolute Gasteiger partial charge is 0.369 e. The first-order valence-electron chi connectivity index (χ1n) is 6.38. The number of rotatable bonds is 4. The number of halogens is 1. The molecule has 1 fully saturated rings. The molecule has 0 bridgehead atoms. The van der Waals surface area contributed by atoms with Gasteiger partial charge in [-0.3, -0.25) is 9.59 Å². The smallest absolute Gasteiger partial charge is 0.222 e. The van der Waals surface area contributed by atoms with Crippen LogP contribution in [0.15, 0.2) is 28.7 Å². The number of primary amides is 1. The van der Waals surface area contributed by atoms with Crippen molar-refractivity contribution in [2.75, 3.05) is 13.1 Å². The topological polar surface area (TPSA) is 63.4 Å². The summed E-state index contributed by atoms with van der Waals surface area (Å²) in [5.74, 6) is -0.381. The van der Waals surface area contributed by atoms with E-state index in [2.05, 4.69) is 15.9 Å². The Balaban J connectivity index is 1.86. The molecule has 0 unspecified atom stereocenters. The molecule has 1 atom stereocenters. The number of amides is 2. The number of likely N-dealkylation sites (tertiary alicyclic amines) is 1. The molecule has 2 rings (SSSR count). The Bertz CT molecular complexity index is 490. The molecule has 1 aliphatic heterocycles. The van der Waals surface area contributed by atoms with Gasteiger partial charge >= 0.3 is 0 Å². The zero-order valence-corrected chi connectivity index (χ0v) is 12.2. The number of nitrogens with two attached hydrogens (primary N) is 1. The first-order chi connectivity index (χ1) is 9.08. The predicted octanol–water partition coefficient (Wildman–Crippen LogP) is 1.72. The number of nitrogens with zero attached hydrogens (tertiary/aromatic N) is 1.